The van der Waals surface area contributed by atoms with Crippen molar-refractivity contribution in [3.8, 4) is 17.6 Å². The number of methoxy groups -OCH3 is 2. The second kappa shape index (κ2) is 7.00. The van der Waals surface area contributed by atoms with Crippen LogP contribution in [0.4, 0.5) is 0 Å². The van der Waals surface area contributed by atoms with E-state index in [0.717, 1.165) is 5.56 Å². The summed E-state index contributed by atoms with van der Waals surface area (Å²) in [5.41, 5.74) is 0.919. The maximum Gasteiger partial charge on any atom is 0.162 e. The van der Waals surface area contributed by atoms with E-state index in [1.807, 2.05) is 6.07 Å². The lowest BCUT2D eigenvalue weighted by molar-refractivity contribution is 0.354. The number of ether oxygens (including phenoxy) is 2. The summed E-state index contributed by atoms with van der Waals surface area (Å²) >= 11 is 6.11. The van der Waals surface area contributed by atoms with E-state index in [9.17, 15) is 0 Å². The number of nitriles is 1. The topological polar surface area (TPSA) is 54.3 Å². The van der Waals surface area contributed by atoms with Crippen molar-refractivity contribution in [2.75, 3.05) is 20.8 Å². The zero-order valence-corrected chi connectivity index (χ0v) is 10.7. The van der Waals surface area contributed by atoms with Gasteiger partial charge in [0.25, 0.3) is 0 Å². The third-order valence-corrected chi connectivity index (χ3v) is 2.63. The predicted octanol–water partition coefficient (Wildman–Crippen LogP) is 2.36. The standard InChI is InChI=1S/C12H15ClN2O2/c1-16-11-6-9(8-15-5-3-4-14)10(13)7-12(11)17-2/h6-7,15H,3,5,8H2,1-2H3. The molecule has 0 amide bonds. The van der Waals surface area contributed by atoms with Gasteiger partial charge in [-0.25, -0.2) is 0 Å². The fourth-order valence-electron chi connectivity index (χ4n) is 1.40. The summed E-state index contributed by atoms with van der Waals surface area (Å²) < 4.78 is 10.3. The molecule has 0 saturated heterocycles. The number of nitrogens with zero attached hydrogens (tertiary/aromatic N) is 1. The Labute approximate surface area is 106 Å². The molecular weight excluding hydrogens is 240 g/mol. The minimum absolute atomic E-state index is 0.477. The van der Waals surface area contributed by atoms with Crippen LogP contribution in [0.25, 0.3) is 0 Å². The Morgan fingerprint density at radius 2 is 1.94 bits per heavy atom. The summed E-state index contributed by atoms with van der Waals surface area (Å²) in [5, 5.41) is 12.2. The SMILES string of the molecule is COc1cc(Cl)c(CNCCC#N)cc1OC. The lowest BCUT2D eigenvalue weighted by Gasteiger charge is -2.11. The van der Waals surface area contributed by atoms with Crippen LogP contribution in [0.3, 0.4) is 0 Å². The molecule has 0 radical (unpaired) electrons. The second-order valence-corrected chi connectivity index (χ2v) is 3.79. The van der Waals surface area contributed by atoms with E-state index in [4.69, 9.17) is 26.3 Å². The van der Waals surface area contributed by atoms with Crippen molar-refractivity contribution in [3.05, 3.63) is 22.7 Å². The molecule has 0 atom stereocenters. The van der Waals surface area contributed by atoms with E-state index in [1.165, 1.54) is 0 Å². The number of halogens is 1. The average molecular weight is 255 g/mol. The maximum absolute atomic E-state index is 8.42. The van der Waals surface area contributed by atoms with Crippen LogP contribution in [-0.4, -0.2) is 20.8 Å². The van der Waals surface area contributed by atoms with Crippen LogP contribution < -0.4 is 14.8 Å². The maximum atomic E-state index is 8.42. The minimum atomic E-state index is 0.477. The van der Waals surface area contributed by atoms with Gasteiger partial charge in [-0.2, -0.15) is 5.26 Å². The van der Waals surface area contributed by atoms with E-state index < -0.39 is 0 Å². The molecule has 5 heteroatoms. The van der Waals surface area contributed by atoms with Gasteiger partial charge in [0, 0.05) is 30.6 Å². The van der Waals surface area contributed by atoms with Gasteiger partial charge < -0.3 is 14.8 Å². The van der Waals surface area contributed by atoms with Gasteiger partial charge in [-0.05, 0) is 11.6 Å². The number of rotatable bonds is 6. The molecule has 0 aromatic heterocycles. The third-order valence-electron chi connectivity index (χ3n) is 2.28. The molecule has 0 bridgehead atoms. The predicted molar refractivity (Wildman–Crippen MR) is 66.5 cm³/mol. The van der Waals surface area contributed by atoms with Crippen molar-refractivity contribution < 1.29 is 9.47 Å². The van der Waals surface area contributed by atoms with Gasteiger partial charge >= 0.3 is 0 Å². The Balaban J connectivity index is 2.75. The summed E-state index contributed by atoms with van der Waals surface area (Å²) in [6.07, 6.45) is 0.477. The highest BCUT2D eigenvalue weighted by atomic mass is 35.5. The zero-order chi connectivity index (χ0) is 12.7. The third kappa shape index (κ3) is 3.81. The molecule has 1 rings (SSSR count). The van der Waals surface area contributed by atoms with Gasteiger partial charge in [0.1, 0.15) is 0 Å². The molecule has 17 heavy (non-hydrogen) atoms. The first-order chi connectivity index (χ1) is 8.22. The number of benzene rings is 1. The van der Waals surface area contributed by atoms with Gasteiger partial charge in [0.05, 0.1) is 20.3 Å². The highest BCUT2D eigenvalue weighted by Crippen LogP contribution is 2.32. The summed E-state index contributed by atoms with van der Waals surface area (Å²) in [6.45, 7) is 1.24. The average Bonchev–Trinajstić information content (AvgIpc) is 2.35. The van der Waals surface area contributed by atoms with Crippen LogP contribution in [0.15, 0.2) is 12.1 Å². The normalized spacial score (nSPS) is 9.76. The molecule has 0 fully saturated rings. The van der Waals surface area contributed by atoms with Gasteiger partial charge in [0.2, 0.25) is 0 Å². The largest absolute Gasteiger partial charge is 0.493 e. The second-order valence-electron chi connectivity index (χ2n) is 3.38. The van der Waals surface area contributed by atoms with E-state index in [1.54, 1.807) is 20.3 Å². The summed E-state index contributed by atoms with van der Waals surface area (Å²) in [4.78, 5) is 0. The summed E-state index contributed by atoms with van der Waals surface area (Å²) in [5.74, 6) is 1.26. The summed E-state index contributed by atoms with van der Waals surface area (Å²) in [7, 11) is 3.15. The molecular formula is C12H15ClN2O2. The van der Waals surface area contributed by atoms with Gasteiger partial charge in [-0.15, -0.1) is 0 Å². The van der Waals surface area contributed by atoms with Crippen molar-refractivity contribution in [1.29, 1.82) is 5.26 Å². The van der Waals surface area contributed by atoms with Gasteiger partial charge in [-0.1, -0.05) is 11.6 Å². The van der Waals surface area contributed by atoms with E-state index in [-0.39, 0.29) is 0 Å². The van der Waals surface area contributed by atoms with Crippen LogP contribution in [0.1, 0.15) is 12.0 Å². The van der Waals surface area contributed by atoms with Crippen LogP contribution >= 0.6 is 11.6 Å². The van der Waals surface area contributed by atoms with Crippen LogP contribution in [0.2, 0.25) is 5.02 Å². The van der Waals surface area contributed by atoms with Gasteiger partial charge in [0.15, 0.2) is 11.5 Å². The molecule has 92 valence electrons. The molecule has 0 aliphatic carbocycles. The summed E-state index contributed by atoms with van der Waals surface area (Å²) in [6, 6.07) is 5.63. The van der Waals surface area contributed by atoms with E-state index in [2.05, 4.69) is 11.4 Å². The molecule has 1 N–H and O–H groups in total. The Bertz CT molecular complexity index is 416. The highest BCUT2D eigenvalue weighted by molar-refractivity contribution is 6.31. The van der Waals surface area contributed by atoms with Crippen LogP contribution in [-0.2, 0) is 6.54 Å². The number of hydrogen-bond acceptors (Lipinski definition) is 4. The number of nitrogens with one attached hydrogen (secondary N) is 1. The van der Waals surface area contributed by atoms with E-state index in [0.29, 0.717) is 36.0 Å². The molecule has 0 saturated carbocycles. The van der Waals surface area contributed by atoms with Crippen molar-refractivity contribution >= 4 is 11.6 Å². The smallest absolute Gasteiger partial charge is 0.162 e. The molecule has 0 unspecified atom stereocenters. The molecule has 0 aliphatic rings. The first-order valence-corrected chi connectivity index (χ1v) is 5.58. The first-order valence-electron chi connectivity index (χ1n) is 5.21. The zero-order valence-electron chi connectivity index (χ0n) is 9.92. The quantitative estimate of drug-likeness (QED) is 0.792. The van der Waals surface area contributed by atoms with Crippen LogP contribution in [0.5, 0.6) is 11.5 Å². The monoisotopic (exact) mass is 254 g/mol. The molecule has 0 spiro atoms. The Morgan fingerprint density at radius 1 is 1.29 bits per heavy atom. The van der Waals surface area contributed by atoms with Crippen LogP contribution in [0, 0.1) is 11.3 Å². The molecule has 0 heterocycles. The Kier molecular flexibility index (Phi) is 5.61. The lowest BCUT2D eigenvalue weighted by atomic mass is 10.2. The molecule has 1 aromatic rings. The molecule has 0 aliphatic heterocycles. The Hall–Kier alpha value is -1.44. The van der Waals surface area contributed by atoms with E-state index >= 15 is 0 Å². The fraction of sp³-hybridized carbons (Fsp3) is 0.417. The van der Waals surface area contributed by atoms with Crippen molar-refractivity contribution in [1.82, 2.24) is 5.32 Å². The minimum Gasteiger partial charge on any atom is -0.493 e. The lowest BCUT2D eigenvalue weighted by Crippen LogP contribution is -2.14. The Morgan fingerprint density at radius 3 is 2.53 bits per heavy atom. The van der Waals surface area contributed by atoms with Crippen molar-refractivity contribution in [3.63, 3.8) is 0 Å². The highest BCUT2D eigenvalue weighted by Gasteiger charge is 2.09. The number of hydrogen-bond donors (Lipinski definition) is 1. The van der Waals surface area contributed by atoms with Gasteiger partial charge in [-0.3, -0.25) is 0 Å². The molecule has 1 aromatic carbocycles. The first kappa shape index (κ1) is 13.6. The fourth-order valence-corrected chi connectivity index (χ4v) is 1.62. The molecule has 4 nitrogen and oxygen atoms in total. The van der Waals surface area contributed by atoms with Crippen molar-refractivity contribution in [2.24, 2.45) is 0 Å². The van der Waals surface area contributed by atoms with Crippen molar-refractivity contribution in [2.45, 2.75) is 13.0 Å².